The third-order valence-electron chi connectivity index (χ3n) is 7.88. The number of carbonyl (C=O) groups is 3. The molecule has 3 atom stereocenters. The second-order valence-corrected chi connectivity index (χ2v) is 11.1. The first-order valence-electron chi connectivity index (χ1n) is 13.0. The van der Waals surface area contributed by atoms with Gasteiger partial charge in [-0.15, -0.1) is 0 Å². The van der Waals surface area contributed by atoms with Gasteiger partial charge in [0, 0.05) is 35.4 Å². The van der Waals surface area contributed by atoms with Crippen LogP contribution in [0.1, 0.15) is 57.4 Å². The van der Waals surface area contributed by atoms with Crippen molar-refractivity contribution in [2.45, 2.75) is 64.3 Å². The third kappa shape index (κ3) is 6.10. The van der Waals surface area contributed by atoms with Crippen molar-refractivity contribution < 1.29 is 14.4 Å². The maximum Gasteiger partial charge on any atom is 0.250 e. The Balaban J connectivity index is 1.59. The second-order valence-electron chi connectivity index (χ2n) is 10.2. The van der Waals surface area contributed by atoms with Crippen LogP contribution in [0.25, 0.3) is 0 Å². The number of nitrogens with two attached hydrogens (primary N) is 1. The molecule has 1 aromatic heterocycles. The highest BCUT2D eigenvalue weighted by Gasteiger charge is 2.55. The van der Waals surface area contributed by atoms with Crippen LogP contribution in [0.5, 0.6) is 0 Å². The van der Waals surface area contributed by atoms with Crippen LogP contribution in [0.15, 0.2) is 36.5 Å². The molecular weight excluding hydrogens is 511 g/mol. The summed E-state index contributed by atoms with van der Waals surface area (Å²) in [6, 6.07) is 7.39. The van der Waals surface area contributed by atoms with Crippen LogP contribution in [0.3, 0.4) is 0 Å². The Kier molecular flexibility index (Phi) is 8.75. The molecule has 2 heterocycles. The molecule has 2 aliphatic rings. The van der Waals surface area contributed by atoms with Gasteiger partial charge in [0.05, 0.1) is 5.92 Å². The number of carbonyl (C=O) groups excluding carboxylic acids is 3. The molecule has 1 saturated heterocycles. The van der Waals surface area contributed by atoms with Crippen LogP contribution in [0, 0.1) is 17.8 Å². The molecule has 37 heavy (non-hydrogen) atoms. The normalized spacial score (nSPS) is 20.9. The maximum atomic E-state index is 13.8. The molecule has 2 N–H and O–H groups in total. The molecule has 7 nitrogen and oxygen atoms in total. The van der Waals surface area contributed by atoms with Gasteiger partial charge in [0.25, 0.3) is 5.91 Å². The van der Waals surface area contributed by atoms with Crippen LogP contribution >= 0.6 is 23.2 Å². The molecule has 198 valence electrons. The van der Waals surface area contributed by atoms with Gasteiger partial charge in [-0.25, -0.2) is 4.98 Å². The predicted octanol–water partition coefficient (Wildman–Crippen LogP) is 5.53. The van der Waals surface area contributed by atoms with Gasteiger partial charge in [0.15, 0.2) is 0 Å². The van der Waals surface area contributed by atoms with Gasteiger partial charge in [0.1, 0.15) is 11.9 Å². The molecule has 0 bridgehead atoms. The first-order valence-corrected chi connectivity index (χ1v) is 13.7. The van der Waals surface area contributed by atoms with Crippen molar-refractivity contribution in [1.29, 1.82) is 0 Å². The van der Waals surface area contributed by atoms with Gasteiger partial charge in [-0.2, -0.15) is 0 Å². The highest BCUT2D eigenvalue weighted by atomic mass is 35.5. The minimum Gasteiger partial charge on any atom is -0.384 e. The van der Waals surface area contributed by atoms with Crippen LogP contribution < -0.4 is 10.6 Å². The van der Waals surface area contributed by atoms with Crippen molar-refractivity contribution in [1.82, 2.24) is 9.88 Å². The second kappa shape index (κ2) is 11.8. The largest absolute Gasteiger partial charge is 0.384 e. The summed E-state index contributed by atoms with van der Waals surface area (Å²) >= 11 is 12.3. The van der Waals surface area contributed by atoms with Crippen LogP contribution in [-0.2, 0) is 20.8 Å². The summed E-state index contributed by atoms with van der Waals surface area (Å²) in [7, 11) is 1.61. The number of β-lactam (4-membered cyclic amide) rings is 1. The number of rotatable bonds is 8. The van der Waals surface area contributed by atoms with E-state index in [0.29, 0.717) is 27.5 Å². The van der Waals surface area contributed by atoms with Crippen LogP contribution in [0.4, 0.5) is 11.5 Å². The average molecular weight is 546 g/mol. The van der Waals surface area contributed by atoms with E-state index in [1.165, 1.54) is 29.1 Å². The molecule has 3 amide bonds. The van der Waals surface area contributed by atoms with Crippen molar-refractivity contribution in [3.8, 4) is 0 Å². The molecule has 2 fully saturated rings. The number of likely N-dealkylation sites (tertiary alicyclic amines) is 1. The Morgan fingerprint density at radius 2 is 1.81 bits per heavy atom. The summed E-state index contributed by atoms with van der Waals surface area (Å²) in [6.07, 6.45) is 8.85. The van der Waals surface area contributed by atoms with E-state index in [0.717, 1.165) is 24.8 Å². The number of nitrogen functional groups attached to an aromatic ring is 1. The Bertz CT molecular complexity index is 1150. The molecular formula is C28H34Cl2N4O3. The minimum absolute atomic E-state index is 0.208. The number of likely N-dealkylation sites (N-methyl/N-ethyl adjacent to an activating group) is 1. The number of hydrogen-bond donors (Lipinski definition) is 1. The van der Waals surface area contributed by atoms with Crippen molar-refractivity contribution in [2.75, 3.05) is 17.7 Å². The van der Waals surface area contributed by atoms with E-state index in [2.05, 4.69) is 11.9 Å². The molecule has 2 aromatic rings. The number of aromatic nitrogens is 1. The fraction of sp³-hybridized carbons (Fsp3) is 0.500. The van der Waals surface area contributed by atoms with Gasteiger partial charge in [-0.3, -0.25) is 19.3 Å². The summed E-state index contributed by atoms with van der Waals surface area (Å²) in [5.41, 5.74) is 7.12. The zero-order valence-corrected chi connectivity index (χ0v) is 22.8. The molecule has 0 radical (unpaired) electrons. The zero-order chi connectivity index (χ0) is 26.7. The Hall–Kier alpha value is -2.64. The fourth-order valence-electron chi connectivity index (χ4n) is 5.81. The van der Waals surface area contributed by atoms with Crippen molar-refractivity contribution in [3.05, 3.63) is 52.1 Å². The molecule has 0 unspecified atom stereocenters. The predicted molar refractivity (Wildman–Crippen MR) is 146 cm³/mol. The summed E-state index contributed by atoms with van der Waals surface area (Å²) in [4.78, 5) is 47.3. The number of benzene rings is 1. The van der Waals surface area contributed by atoms with Gasteiger partial charge < -0.3 is 10.6 Å². The number of pyridine rings is 1. The fourth-order valence-corrected chi connectivity index (χ4v) is 6.33. The SMILES string of the molecule is CC[C@@H](CC(=O)N1C(=O)[C@H](Cc2ccnc(N)c2)[C@H]1C(=O)N(C)c1cc(Cl)cc(Cl)c1)C1CCCCC1. The average Bonchev–Trinajstić information content (AvgIpc) is 2.87. The number of nitrogens with zero attached hydrogens (tertiary/aromatic N) is 3. The molecule has 4 rings (SSSR count). The summed E-state index contributed by atoms with van der Waals surface area (Å²) in [5, 5.41) is 0.781. The smallest absolute Gasteiger partial charge is 0.250 e. The third-order valence-corrected chi connectivity index (χ3v) is 8.32. The quantitative estimate of drug-likeness (QED) is 0.441. The molecule has 9 heteroatoms. The topological polar surface area (TPSA) is 96.6 Å². The van der Waals surface area contributed by atoms with Gasteiger partial charge in [-0.1, -0.05) is 68.7 Å². The first-order chi connectivity index (χ1) is 17.7. The van der Waals surface area contributed by atoms with E-state index in [4.69, 9.17) is 28.9 Å². The van der Waals surface area contributed by atoms with E-state index >= 15 is 0 Å². The lowest BCUT2D eigenvalue weighted by Gasteiger charge is -2.46. The molecule has 1 aliphatic carbocycles. The van der Waals surface area contributed by atoms with E-state index < -0.39 is 12.0 Å². The van der Waals surface area contributed by atoms with E-state index in [1.54, 1.807) is 43.6 Å². The standard InChI is InChI=1S/C28H34Cl2N4O3/c1-3-18(19-7-5-4-6-8-19)13-25(35)34-26(23(27(34)36)11-17-9-10-32-24(31)12-17)28(37)33(2)22-15-20(29)14-21(30)16-22/h9-10,12,14-16,18-19,23,26H,3-8,11,13H2,1-2H3,(H2,31,32)/t18-,23+,26-/m0/s1. The maximum absolute atomic E-state index is 13.8. The summed E-state index contributed by atoms with van der Waals surface area (Å²) < 4.78 is 0. The van der Waals surface area contributed by atoms with Crippen LogP contribution in [-0.4, -0.2) is 40.7 Å². The number of anilines is 2. The Morgan fingerprint density at radius 3 is 2.43 bits per heavy atom. The van der Waals surface area contributed by atoms with Gasteiger partial charge >= 0.3 is 0 Å². The number of amides is 3. The van der Waals surface area contributed by atoms with E-state index in [9.17, 15) is 14.4 Å². The number of imide groups is 1. The first kappa shape index (κ1) is 27.4. The zero-order valence-electron chi connectivity index (χ0n) is 21.3. The van der Waals surface area contributed by atoms with Crippen LogP contribution in [0.2, 0.25) is 10.0 Å². The van der Waals surface area contributed by atoms with Crippen molar-refractivity contribution in [2.24, 2.45) is 17.8 Å². The number of halogens is 2. The highest BCUT2D eigenvalue weighted by molar-refractivity contribution is 6.35. The molecule has 1 aliphatic heterocycles. The van der Waals surface area contributed by atoms with E-state index in [-0.39, 0.29) is 36.5 Å². The Labute approximate surface area is 228 Å². The monoisotopic (exact) mass is 544 g/mol. The summed E-state index contributed by atoms with van der Waals surface area (Å²) in [5.74, 6) is -0.600. The molecule has 1 aromatic carbocycles. The van der Waals surface area contributed by atoms with Crippen molar-refractivity contribution >= 4 is 52.4 Å². The molecule has 1 saturated carbocycles. The molecule has 0 spiro atoms. The summed E-state index contributed by atoms with van der Waals surface area (Å²) in [6.45, 7) is 2.10. The lowest BCUT2D eigenvalue weighted by atomic mass is 9.76. The van der Waals surface area contributed by atoms with Gasteiger partial charge in [-0.05, 0) is 54.2 Å². The number of hydrogen-bond acceptors (Lipinski definition) is 5. The lowest BCUT2D eigenvalue weighted by molar-refractivity contribution is -0.171. The van der Waals surface area contributed by atoms with Gasteiger partial charge in [0.2, 0.25) is 11.8 Å². The minimum atomic E-state index is -0.916. The Morgan fingerprint density at radius 1 is 1.14 bits per heavy atom. The van der Waals surface area contributed by atoms with Crippen molar-refractivity contribution in [3.63, 3.8) is 0 Å². The lowest BCUT2D eigenvalue weighted by Crippen LogP contribution is -2.69. The highest BCUT2D eigenvalue weighted by Crippen LogP contribution is 2.38. The van der Waals surface area contributed by atoms with E-state index in [1.807, 2.05) is 0 Å².